The number of amides is 1. The molecule has 6 N–H and O–H groups in total. The summed E-state index contributed by atoms with van der Waals surface area (Å²) in [6.07, 6.45) is -10.9. The number of aliphatic hydroxyl groups is 5. The van der Waals surface area contributed by atoms with Crippen molar-refractivity contribution in [1.29, 1.82) is 0 Å². The molecule has 0 spiro atoms. The van der Waals surface area contributed by atoms with Crippen LogP contribution in [0.4, 0.5) is 5.69 Å². The average molecular weight is 815 g/mol. The Morgan fingerprint density at radius 1 is 0.915 bits per heavy atom. The van der Waals surface area contributed by atoms with Crippen LogP contribution in [0.2, 0.25) is 0 Å². The summed E-state index contributed by atoms with van der Waals surface area (Å²) in [5.41, 5.74) is -7.91. The summed E-state index contributed by atoms with van der Waals surface area (Å²) in [5.74, 6) is -5.47. The van der Waals surface area contributed by atoms with E-state index < -0.39 is 106 Å². The number of esters is 2. The molecule has 4 aliphatic rings. The van der Waals surface area contributed by atoms with Gasteiger partial charge in [-0.2, -0.15) is 0 Å². The van der Waals surface area contributed by atoms with E-state index in [4.69, 9.17) is 14.2 Å². The Morgan fingerprint density at radius 2 is 1.51 bits per heavy atom. The van der Waals surface area contributed by atoms with Crippen molar-refractivity contribution in [3.8, 4) is 0 Å². The fourth-order valence-electron chi connectivity index (χ4n) is 9.68. The van der Waals surface area contributed by atoms with E-state index in [0.717, 1.165) is 12.1 Å². The van der Waals surface area contributed by atoms with Crippen LogP contribution in [0.15, 0.2) is 96.1 Å². The summed E-state index contributed by atoms with van der Waals surface area (Å²) >= 11 is 0. The van der Waals surface area contributed by atoms with Crippen LogP contribution >= 0.6 is 0 Å². The molecular formula is C43H46N2O14. The number of carbonyl (C=O) groups excluding carboxylic acids is 4. The lowest BCUT2D eigenvalue weighted by Gasteiger charge is -2.66. The number of nitro groups is 1. The number of ether oxygens (including phenoxy) is 3. The van der Waals surface area contributed by atoms with E-state index in [1.54, 1.807) is 36.4 Å². The molecule has 1 saturated heterocycles. The molecule has 3 fully saturated rings. The Balaban J connectivity index is 1.31. The number of nitrogens with zero attached hydrogens (tertiary/aromatic N) is 1. The van der Waals surface area contributed by atoms with Gasteiger partial charge in [-0.15, -0.1) is 0 Å². The summed E-state index contributed by atoms with van der Waals surface area (Å²) < 4.78 is 17.8. The number of rotatable bonds is 9. The lowest BCUT2D eigenvalue weighted by atomic mass is 9.44. The van der Waals surface area contributed by atoms with Gasteiger partial charge >= 0.3 is 11.9 Å². The molecule has 7 rings (SSSR count). The number of non-ortho nitro benzene ring substituents is 1. The second-order valence-electron chi connectivity index (χ2n) is 16.6. The van der Waals surface area contributed by atoms with Crippen molar-refractivity contribution in [1.82, 2.24) is 5.32 Å². The molecule has 3 aromatic carbocycles. The molecule has 0 radical (unpaired) electrons. The maximum Gasteiger partial charge on any atom is 0.338 e. The molecule has 2 saturated carbocycles. The number of ketones is 1. The average Bonchev–Trinajstić information content (AvgIpc) is 3.21. The summed E-state index contributed by atoms with van der Waals surface area (Å²) in [7, 11) is 0. The highest BCUT2D eigenvalue weighted by atomic mass is 16.6. The smallest absolute Gasteiger partial charge is 0.338 e. The van der Waals surface area contributed by atoms with Crippen molar-refractivity contribution >= 4 is 29.3 Å². The second-order valence-corrected chi connectivity index (χ2v) is 16.6. The third-order valence-electron chi connectivity index (χ3n) is 13.2. The van der Waals surface area contributed by atoms with E-state index in [1.807, 2.05) is 0 Å². The number of aliphatic hydroxyl groups excluding tert-OH is 3. The van der Waals surface area contributed by atoms with Gasteiger partial charge in [-0.3, -0.25) is 19.7 Å². The Bertz CT molecular complexity index is 2200. The number of benzene rings is 3. The zero-order valence-corrected chi connectivity index (χ0v) is 32.7. The molecule has 59 heavy (non-hydrogen) atoms. The van der Waals surface area contributed by atoms with Gasteiger partial charge in [-0.1, -0.05) is 62.4 Å². The van der Waals surface area contributed by atoms with Crippen molar-refractivity contribution in [2.24, 2.45) is 16.7 Å². The lowest BCUT2D eigenvalue weighted by molar-refractivity contribution is -0.384. The van der Waals surface area contributed by atoms with E-state index in [2.05, 4.69) is 5.32 Å². The van der Waals surface area contributed by atoms with Crippen LogP contribution < -0.4 is 5.32 Å². The van der Waals surface area contributed by atoms with Crippen LogP contribution in [0.5, 0.6) is 0 Å². The summed E-state index contributed by atoms with van der Waals surface area (Å²) in [4.78, 5) is 66.9. The van der Waals surface area contributed by atoms with Crippen molar-refractivity contribution in [2.75, 3.05) is 6.61 Å². The van der Waals surface area contributed by atoms with Crippen LogP contribution in [0.1, 0.15) is 72.9 Å². The summed E-state index contributed by atoms with van der Waals surface area (Å²) in [6, 6.07) is 18.9. The fourth-order valence-corrected chi connectivity index (χ4v) is 9.68. The normalized spacial score (nSPS) is 33.1. The highest BCUT2D eigenvalue weighted by Crippen LogP contribution is 2.63. The van der Waals surface area contributed by atoms with Crippen molar-refractivity contribution < 1.29 is 63.8 Å². The van der Waals surface area contributed by atoms with Gasteiger partial charge in [-0.05, 0) is 54.8 Å². The first-order valence-electron chi connectivity index (χ1n) is 19.2. The van der Waals surface area contributed by atoms with Gasteiger partial charge in [-0.25, -0.2) is 9.59 Å². The maximum atomic E-state index is 14.7. The Labute approximate surface area is 338 Å². The van der Waals surface area contributed by atoms with Gasteiger partial charge in [0.05, 0.1) is 40.8 Å². The second kappa shape index (κ2) is 15.0. The highest BCUT2D eigenvalue weighted by molar-refractivity contribution is 5.95. The summed E-state index contributed by atoms with van der Waals surface area (Å²) in [5, 5.41) is 74.9. The number of hydrogen-bond acceptors (Lipinski definition) is 14. The quantitative estimate of drug-likeness (QED) is 0.0786. The number of hydrogen-bond donors (Lipinski definition) is 6. The van der Waals surface area contributed by atoms with Crippen molar-refractivity contribution in [3.63, 3.8) is 0 Å². The molecule has 16 heteroatoms. The Hall–Kier alpha value is -5.36. The van der Waals surface area contributed by atoms with Gasteiger partial charge in [0, 0.05) is 41.9 Å². The Morgan fingerprint density at radius 3 is 2.07 bits per heavy atom. The van der Waals surface area contributed by atoms with E-state index in [1.165, 1.54) is 64.1 Å². The van der Waals surface area contributed by atoms with E-state index in [9.17, 15) is 54.8 Å². The van der Waals surface area contributed by atoms with Crippen LogP contribution in [0.3, 0.4) is 0 Å². The SMILES string of the molecule is CC1=C2C(O)C(=O)[C@]3(C)C(O)CC4OC[C@@]4(O)C3C(OC(=O)c3ccccc3)C(O)(CC1OC(=O)C(O)C(NC(=O)c1ccccc1)c1ccc([N+](=O)[O-])cc1)C2(C)C. The topological polar surface area (TPSA) is 252 Å². The predicted molar refractivity (Wildman–Crippen MR) is 205 cm³/mol. The molecule has 3 aliphatic carbocycles. The molecule has 3 aromatic rings. The van der Waals surface area contributed by atoms with Gasteiger partial charge < -0.3 is 45.1 Å². The standard InChI is InChI=1S/C43H46N2O14/c1-22-27(58-39(52)33(48)31(23-15-17-26(18-16-23)45(55)56)44-37(50)24-11-7-5-8-12-24)20-43(54)36(59-38(51)25-13-9-6-10-14-25)34-41(4,28(46)19-29-42(34,53)21-57-29)35(49)32(47)30(22)40(43,2)3/h5-18,27-29,31-34,36,46-48,53-54H,19-21H2,1-4H3,(H,44,50)/t27?,28?,29?,31?,32?,33?,34?,36?,41-,42+,43?/m1/s1. The molecule has 312 valence electrons. The molecule has 2 bridgehead atoms. The first-order valence-corrected chi connectivity index (χ1v) is 19.2. The van der Waals surface area contributed by atoms with Gasteiger partial charge in [0.1, 0.15) is 29.5 Å². The predicted octanol–water partition coefficient (Wildman–Crippen LogP) is 2.50. The van der Waals surface area contributed by atoms with E-state index >= 15 is 0 Å². The fraction of sp³-hybridized carbons (Fsp3) is 0.442. The van der Waals surface area contributed by atoms with Gasteiger partial charge in [0.15, 0.2) is 11.9 Å². The van der Waals surface area contributed by atoms with E-state index in [-0.39, 0.29) is 46.6 Å². The molecular weight excluding hydrogens is 768 g/mol. The first kappa shape index (κ1) is 41.8. The number of nitrogens with one attached hydrogen (secondary N) is 1. The van der Waals surface area contributed by atoms with Crippen molar-refractivity contribution in [2.45, 2.75) is 94.4 Å². The molecule has 9 unspecified atom stereocenters. The lowest BCUT2D eigenvalue weighted by Crippen LogP contribution is -2.81. The monoisotopic (exact) mass is 814 g/mol. The zero-order valence-electron chi connectivity index (χ0n) is 32.7. The van der Waals surface area contributed by atoms with Crippen LogP contribution in [-0.2, 0) is 23.8 Å². The molecule has 0 aromatic heterocycles. The number of carbonyl (C=O) groups is 4. The molecule has 11 atom stereocenters. The number of nitro benzene ring substituents is 1. The van der Waals surface area contributed by atoms with Crippen LogP contribution in [-0.4, -0.2) is 109 Å². The molecule has 1 amide bonds. The molecule has 1 aliphatic heterocycles. The first-order chi connectivity index (χ1) is 27.8. The zero-order chi connectivity index (χ0) is 42.8. The van der Waals surface area contributed by atoms with Gasteiger partial charge in [0.2, 0.25) is 0 Å². The number of fused-ring (bicyclic) bond motifs is 5. The van der Waals surface area contributed by atoms with E-state index in [0.29, 0.717) is 0 Å². The van der Waals surface area contributed by atoms with Crippen LogP contribution in [0, 0.1) is 26.9 Å². The molecule has 1 heterocycles. The highest BCUT2D eigenvalue weighted by Gasteiger charge is 2.76. The minimum atomic E-state index is -2.37. The number of Topliss-reactive ketones (excluding diaryl/α,β-unsaturated/α-hetero) is 1. The maximum absolute atomic E-state index is 14.7. The molecule has 16 nitrogen and oxygen atoms in total. The minimum absolute atomic E-state index is 0.0671. The minimum Gasteiger partial charge on any atom is -0.456 e. The third-order valence-corrected chi connectivity index (χ3v) is 13.2. The third kappa shape index (κ3) is 6.63. The Kier molecular flexibility index (Phi) is 10.6. The largest absolute Gasteiger partial charge is 0.456 e. The van der Waals surface area contributed by atoms with Gasteiger partial charge in [0.25, 0.3) is 11.6 Å². The van der Waals surface area contributed by atoms with Crippen molar-refractivity contribution in [3.05, 3.63) is 123 Å². The van der Waals surface area contributed by atoms with Crippen LogP contribution in [0.25, 0.3) is 0 Å². The summed E-state index contributed by atoms with van der Waals surface area (Å²) in [6.45, 7) is 5.50.